The molecule has 0 saturated carbocycles. The van der Waals surface area contributed by atoms with E-state index in [1.54, 1.807) is 23.9 Å². The molecule has 0 aliphatic rings. The Morgan fingerprint density at radius 1 is 1.06 bits per heavy atom. The normalized spacial score (nSPS) is 12.6. The fourth-order valence-electron chi connectivity index (χ4n) is 3.15. The maximum atomic E-state index is 12.9. The van der Waals surface area contributed by atoms with Gasteiger partial charge in [-0.3, -0.25) is 9.59 Å². The molecule has 2 amide bonds. The van der Waals surface area contributed by atoms with Gasteiger partial charge >= 0.3 is 7.12 Å². The first-order valence-electron chi connectivity index (χ1n) is 10.6. The number of hydrogen-bond acceptors (Lipinski definition) is 7. The first kappa shape index (κ1) is 25.9. The van der Waals surface area contributed by atoms with Gasteiger partial charge in [-0.1, -0.05) is 36.4 Å². The molecule has 172 valence electrons. The molecule has 2 atom stereocenters. The second kappa shape index (κ2) is 13.9. The molecule has 0 saturated heterocycles. The Labute approximate surface area is 193 Å². The summed E-state index contributed by atoms with van der Waals surface area (Å²) in [5.74, 6) is -1.10. The van der Waals surface area contributed by atoms with E-state index in [0.717, 1.165) is 5.56 Å². The van der Waals surface area contributed by atoms with Crippen molar-refractivity contribution in [3.63, 3.8) is 0 Å². The van der Waals surface area contributed by atoms with E-state index in [0.29, 0.717) is 43.7 Å². The van der Waals surface area contributed by atoms with Crippen LogP contribution in [0.1, 0.15) is 36.2 Å². The highest BCUT2D eigenvalue weighted by Gasteiger charge is 2.29. The molecule has 2 aromatic rings. The van der Waals surface area contributed by atoms with Crippen LogP contribution in [0.5, 0.6) is 0 Å². The third kappa shape index (κ3) is 8.27. The predicted molar refractivity (Wildman–Crippen MR) is 129 cm³/mol. The van der Waals surface area contributed by atoms with Crippen molar-refractivity contribution in [3.8, 4) is 11.3 Å². The number of pyridine rings is 1. The van der Waals surface area contributed by atoms with Crippen molar-refractivity contribution in [3.05, 3.63) is 54.2 Å². The third-order valence-corrected chi connectivity index (χ3v) is 5.58. The largest absolute Gasteiger partial charge is 0.475 e. The van der Waals surface area contributed by atoms with E-state index in [2.05, 4.69) is 15.6 Å². The summed E-state index contributed by atoms with van der Waals surface area (Å²) in [5.41, 5.74) is 7.30. The van der Waals surface area contributed by atoms with Gasteiger partial charge in [-0.15, -0.1) is 0 Å². The number of carbonyl (C=O) groups is 2. The molecule has 0 spiro atoms. The lowest BCUT2D eigenvalue weighted by Gasteiger charge is -2.23. The van der Waals surface area contributed by atoms with Crippen LogP contribution in [0.4, 0.5) is 0 Å². The van der Waals surface area contributed by atoms with Gasteiger partial charge in [0.25, 0.3) is 5.91 Å². The van der Waals surface area contributed by atoms with Gasteiger partial charge in [-0.2, -0.15) is 11.8 Å². The molecule has 1 aromatic carbocycles. The van der Waals surface area contributed by atoms with E-state index in [4.69, 9.17) is 5.73 Å². The van der Waals surface area contributed by atoms with Crippen LogP contribution in [0.3, 0.4) is 0 Å². The van der Waals surface area contributed by atoms with Gasteiger partial charge < -0.3 is 26.4 Å². The fourth-order valence-corrected chi connectivity index (χ4v) is 3.64. The van der Waals surface area contributed by atoms with Crippen LogP contribution in [0.25, 0.3) is 11.3 Å². The van der Waals surface area contributed by atoms with E-state index >= 15 is 0 Å². The Hall–Kier alpha value is -2.40. The van der Waals surface area contributed by atoms with E-state index in [9.17, 15) is 19.6 Å². The summed E-state index contributed by atoms with van der Waals surface area (Å²) >= 11 is 1.54. The number of hydrogen-bond donors (Lipinski definition) is 5. The van der Waals surface area contributed by atoms with Crippen LogP contribution in [0.15, 0.2) is 48.5 Å². The summed E-state index contributed by atoms with van der Waals surface area (Å²) in [6.07, 6.45) is 4.02. The highest BCUT2D eigenvalue weighted by molar-refractivity contribution is 7.98. The molecule has 10 heteroatoms. The number of carbonyl (C=O) groups excluding carboxylic acids is 2. The predicted octanol–water partition coefficient (Wildman–Crippen LogP) is 1.23. The molecule has 0 aliphatic heterocycles. The zero-order valence-electron chi connectivity index (χ0n) is 18.2. The van der Waals surface area contributed by atoms with E-state index in [-0.39, 0.29) is 5.69 Å². The van der Waals surface area contributed by atoms with Crippen molar-refractivity contribution in [2.24, 2.45) is 5.73 Å². The monoisotopic (exact) mass is 458 g/mol. The quantitative estimate of drug-likeness (QED) is 0.225. The van der Waals surface area contributed by atoms with Crippen molar-refractivity contribution in [2.75, 3.05) is 18.6 Å². The number of rotatable bonds is 13. The molecule has 6 N–H and O–H groups in total. The minimum absolute atomic E-state index is 0.198. The molecular formula is C22H31BN4O4S. The van der Waals surface area contributed by atoms with Gasteiger partial charge in [0.15, 0.2) is 0 Å². The second-order valence-corrected chi connectivity index (χ2v) is 8.38. The first-order chi connectivity index (χ1) is 15.5. The number of nitrogens with one attached hydrogen (secondary N) is 2. The second-order valence-electron chi connectivity index (χ2n) is 7.39. The lowest BCUT2D eigenvalue weighted by Crippen LogP contribution is -2.54. The standard InChI is InChI=1S/C22H31BN4O4S/c1-32-15-13-20(23(30)31)27-22(29)19(10-5-6-14-24)26-21(28)18-12-7-11-17(25-18)16-8-3-2-4-9-16/h2-4,7-9,11-12,19-20,30-31H,5-6,10,13-15,24H2,1H3,(H,26,28)(H,27,29)/t19-,20-/m0/s1. The minimum atomic E-state index is -1.68. The van der Waals surface area contributed by atoms with Crippen molar-refractivity contribution >= 4 is 30.7 Å². The molecule has 0 radical (unpaired) electrons. The topological polar surface area (TPSA) is 138 Å². The zero-order valence-corrected chi connectivity index (χ0v) is 19.1. The van der Waals surface area contributed by atoms with Crippen LogP contribution in [-0.4, -0.2) is 64.5 Å². The lowest BCUT2D eigenvalue weighted by molar-refractivity contribution is -0.123. The Morgan fingerprint density at radius 2 is 1.81 bits per heavy atom. The number of aromatic nitrogens is 1. The maximum absolute atomic E-state index is 12.9. The molecule has 1 heterocycles. The molecule has 32 heavy (non-hydrogen) atoms. The minimum Gasteiger partial charge on any atom is -0.426 e. The molecule has 8 nitrogen and oxygen atoms in total. The average Bonchev–Trinajstić information content (AvgIpc) is 2.81. The number of unbranched alkanes of at least 4 members (excludes halogenated alkanes) is 1. The summed E-state index contributed by atoms with van der Waals surface area (Å²) in [5, 5.41) is 24.6. The first-order valence-corrected chi connectivity index (χ1v) is 12.0. The van der Waals surface area contributed by atoms with E-state index in [1.807, 2.05) is 42.7 Å². The Morgan fingerprint density at radius 3 is 2.47 bits per heavy atom. The lowest BCUT2D eigenvalue weighted by atomic mass is 9.77. The van der Waals surface area contributed by atoms with Crippen molar-refractivity contribution in [2.45, 2.75) is 37.7 Å². The summed E-state index contributed by atoms with van der Waals surface area (Å²) in [6, 6.07) is 13.8. The summed E-state index contributed by atoms with van der Waals surface area (Å²) in [4.78, 5) is 30.2. The third-order valence-electron chi connectivity index (χ3n) is 4.94. The SMILES string of the molecule is CSCC[C@H](NC(=O)[C@H](CCCCN)NC(=O)c1cccc(-c2ccccc2)n1)B(O)O. The van der Waals surface area contributed by atoms with Crippen molar-refractivity contribution in [1.82, 2.24) is 15.6 Å². The van der Waals surface area contributed by atoms with Crippen molar-refractivity contribution in [1.29, 1.82) is 0 Å². The number of benzene rings is 1. The molecule has 2 rings (SSSR count). The molecule has 0 bridgehead atoms. The van der Waals surface area contributed by atoms with Crippen molar-refractivity contribution < 1.29 is 19.6 Å². The number of nitrogens with zero attached hydrogens (tertiary/aromatic N) is 1. The molecule has 0 fully saturated rings. The smallest absolute Gasteiger partial charge is 0.426 e. The highest BCUT2D eigenvalue weighted by Crippen LogP contribution is 2.16. The fraction of sp³-hybridized carbons (Fsp3) is 0.409. The van der Waals surface area contributed by atoms with E-state index < -0.39 is 30.9 Å². The van der Waals surface area contributed by atoms with Crippen LogP contribution in [-0.2, 0) is 4.79 Å². The summed E-state index contributed by atoms with van der Waals surface area (Å²) in [7, 11) is -1.68. The molecular weight excluding hydrogens is 427 g/mol. The molecule has 0 unspecified atom stereocenters. The number of thioether (sulfide) groups is 1. The van der Waals surface area contributed by atoms with Gasteiger partial charge in [-0.25, -0.2) is 4.98 Å². The van der Waals surface area contributed by atoms with E-state index in [1.165, 1.54) is 0 Å². The Balaban J connectivity index is 2.13. The molecule has 1 aromatic heterocycles. The number of nitrogens with two attached hydrogens (primary N) is 1. The van der Waals surface area contributed by atoms with Gasteiger partial charge in [0.1, 0.15) is 11.7 Å². The van der Waals surface area contributed by atoms with Crippen LogP contribution >= 0.6 is 11.8 Å². The summed E-state index contributed by atoms with van der Waals surface area (Å²) in [6.45, 7) is 0.481. The summed E-state index contributed by atoms with van der Waals surface area (Å²) < 4.78 is 0. The van der Waals surface area contributed by atoms with Gasteiger partial charge in [0, 0.05) is 5.56 Å². The van der Waals surface area contributed by atoms with Crippen LogP contribution in [0, 0.1) is 0 Å². The van der Waals surface area contributed by atoms with Crippen LogP contribution < -0.4 is 16.4 Å². The van der Waals surface area contributed by atoms with Gasteiger partial charge in [0.05, 0.1) is 11.6 Å². The Bertz CT molecular complexity index is 857. The van der Waals surface area contributed by atoms with Gasteiger partial charge in [-0.05, 0) is 56.4 Å². The van der Waals surface area contributed by atoms with Gasteiger partial charge in [0.2, 0.25) is 5.91 Å². The maximum Gasteiger partial charge on any atom is 0.475 e. The Kier molecular flexibility index (Phi) is 11.2. The molecule has 0 aliphatic carbocycles. The number of amides is 2. The zero-order chi connectivity index (χ0) is 23.3. The van der Waals surface area contributed by atoms with Crippen LogP contribution in [0.2, 0.25) is 0 Å². The highest BCUT2D eigenvalue weighted by atomic mass is 32.2. The average molecular weight is 458 g/mol.